The molecule has 0 saturated carbocycles. The number of carbonyl (C=O) groups excluding carboxylic acids is 1. The van der Waals surface area contributed by atoms with Crippen molar-refractivity contribution < 1.29 is 9.53 Å². The molecule has 0 bridgehead atoms. The number of rotatable bonds is 26. The van der Waals surface area contributed by atoms with Crippen molar-refractivity contribution in [2.45, 2.75) is 155 Å². The van der Waals surface area contributed by atoms with Crippen molar-refractivity contribution in [1.29, 1.82) is 0 Å². The Bertz CT molecular complexity index is 489. The summed E-state index contributed by atoms with van der Waals surface area (Å²) in [5.74, 6) is 0.000502. The van der Waals surface area contributed by atoms with Gasteiger partial charge in [0.15, 0.2) is 0 Å². The van der Waals surface area contributed by atoms with Gasteiger partial charge in [-0.2, -0.15) is 0 Å². The number of esters is 1. The summed E-state index contributed by atoms with van der Waals surface area (Å²) in [7, 11) is 0. The number of hydrogen-bond acceptors (Lipinski definition) is 2. The Hall–Kier alpha value is -1.31. The molecule has 0 aliphatic rings. The predicted molar refractivity (Wildman–Crippen MR) is 151 cm³/mol. The first-order chi connectivity index (χ1) is 16.8. The molecular formula is C32H58O2. The van der Waals surface area contributed by atoms with Crippen LogP contribution in [0.25, 0.3) is 0 Å². The van der Waals surface area contributed by atoms with Crippen molar-refractivity contribution in [1.82, 2.24) is 0 Å². The fourth-order valence-corrected chi connectivity index (χ4v) is 3.97. The van der Waals surface area contributed by atoms with Crippen LogP contribution in [0, 0.1) is 0 Å². The predicted octanol–water partition coefficient (Wildman–Crippen LogP) is 10.8. The second kappa shape index (κ2) is 29.7. The van der Waals surface area contributed by atoms with Gasteiger partial charge in [-0.1, -0.05) is 121 Å². The zero-order valence-electron chi connectivity index (χ0n) is 23.0. The van der Waals surface area contributed by atoms with Gasteiger partial charge in [0, 0.05) is 6.42 Å². The third kappa shape index (κ3) is 28.7. The molecule has 2 heteroatoms. The number of carbonyl (C=O) groups is 1. The van der Waals surface area contributed by atoms with Gasteiger partial charge in [0.05, 0.1) is 6.61 Å². The number of hydrogen-bond donors (Lipinski definition) is 0. The molecule has 198 valence electrons. The summed E-state index contributed by atoms with van der Waals surface area (Å²) >= 11 is 0. The van der Waals surface area contributed by atoms with Gasteiger partial charge in [0.2, 0.25) is 0 Å². The number of unbranched alkanes of at least 4 members (excludes halogenated alkanes) is 16. The molecule has 34 heavy (non-hydrogen) atoms. The fraction of sp³-hybridized carbons (Fsp3) is 0.781. The van der Waals surface area contributed by atoms with Gasteiger partial charge in [-0.25, -0.2) is 0 Å². The second-order valence-corrected chi connectivity index (χ2v) is 9.72. The molecule has 2 nitrogen and oxygen atoms in total. The maximum atomic E-state index is 11.8. The first-order valence-corrected chi connectivity index (χ1v) is 14.9. The van der Waals surface area contributed by atoms with Crippen molar-refractivity contribution in [3.8, 4) is 0 Å². The Morgan fingerprint density at radius 1 is 0.500 bits per heavy atom. The molecule has 0 fully saturated rings. The molecule has 0 N–H and O–H groups in total. The van der Waals surface area contributed by atoms with E-state index in [0.29, 0.717) is 13.0 Å². The van der Waals surface area contributed by atoms with Gasteiger partial charge in [-0.05, 0) is 64.2 Å². The highest BCUT2D eigenvalue weighted by molar-refractivity contribution is 5.69. The van der Waals surface area contributed by atoms with Crippen molar-refractivity contribution in [3.05, 3.63) is 36.5 Å². The molecule has 0 aromatic rings. The summed E-state index contributed by atoms with van der Waals surface area (Å²) in [6.07, 6.45) is 40.3. The minimum atomic E-state index is 0.000502. The molecule has 0 unspecified atom stereocenters. The van der Waals surface area contributed by atoms with Crippen LogP contribution in [-0.2, 0) is 9.53 Å². The average molecular weight is 475 g/mol. The molecule has 0 spiro atoms. The van der Waals surface area contributed by atoms with Crippen molar-refractivity contribution in [3.63, 3.8) is 0 Å². The molecule has 0 saturated heterocycles. The fourth-order valence-electron chi connectivity index (χ4n) is 3.97. The van der Waals surface area contributed by atoms with E-state index >= 15 is 0 Å². The third-order valence-electron chi connectivity index (χ3n) is 6.25. The standard InChI is InChI=1S/C32H58O2/c1-3-5-7-9-11-13-15-17-18-19-20-22-24-26-28-30-32(33)34-31-29-27-25-23-21-16-14-12-10-8-6-4-2/h10-13,17-18H,3-9,14-16,19-31H2,1-2H3/b12-10+,13-11-,18-17-. The van der Waals surface area contributed by atoms with Gasteiger partial charge in [0.25, 0.3) is 0 Å². The summed E-state index contributed by atoms with van der Waals surface area (Å²) in [6, 6.07) is 0. The van der Waals surface area contributed by atoms with Crippen LogP contribution in [0.5, 0.6) is 0 Å². The van der Waals surface area contributed by atoms with Crippen molar-refractivity contribution in [2.24, 2.45) is 0 Å². The minimum Gasteiger partial charge on any atom is -0.466 e. The molecule has 0 aromatic carbocycles. The molecular weight excluding hydrogens is 416 g/mol. The quantitative estimate of drug-likeness (QED) is 0.0707. The maximum absolute atomic E-state index is 11.8. The van der Waals surface area contributed by atoms with E-state index in [0.717, 1.165) is 25.7 Å². The van der Waals surface area contributed by atoms with E-state index in [9.17, 15) is 4.79 Å². The highest BCUT2D eigenvalue weighted by Crippen LogP contribution is 2.10. The van der Waals surface area contributed by atoms with Crippen LogP contribution in [0.3, 0.4) is 0 Å². The highest BCUT2D eigenvalue weighted by atomic mass is 16.5. The van der Waals surface area contributed by atoms with Crippen LogP contribution in [0.1, 0.15) is 155 Å². The van der Waals surface area contributed by atoms with E-state index in [1.54, 1.807) is 0 Å². The van der Waals surface area contributed by atoms with E-state index < -0.39 is 0 Å². The van der Waals surface area contributed by atoms with Gasteiger partial charge >= 0.3 is 5.97 Å². The van der Waals surface area contributed by atoms with Gasteiger partial charge in [-0.15, -0.1) is 0 Å². The second-order valence-electron chi connectivity index (χ2n) is 9.72. The smallest absolute Gasteiger partial charge is 0.305 e. The molecule has 0 aliphatic heterocycles. The SMILES string of the molecule is CCCC/C=C/CCCCCCCCOC(=O)CCCCCCC/C=C\C/C=C\CCCCC. The van der Waals surface area contributed by atoms with E-state index in [2.05, 4.69) is 50.3 Å². The first kappa shape index (κ1) is 32.7. The summed E-state index contributed by atoms with van der Waals surface area (Å²) < 4.78 is 5.39. The molecule has 0 atom stereocenters. The number of ether oxygens (including phenoxy) is 1. The third-order valence-corrected chi connectivity index (χ3v) is 6.25. The molecule has 0 heterocycles. The molecule has 0 amide bonds. The lowest BCUT2D eigenvalue weighted by atomic mass is 10.1. The minimum absolute atomic E-state index is 0.000502. The molecule has 0 aromatic heterocycles. The van der Waals surface area contributed by atoms with E-state index in [-0.39, 0.29) is 5.97 Å². The number of allylic oxidation sites excluding steroid dienone is 6. The molecule has 0 rings (SSSR count). The van der Waals surface area contributed by atoms with Crippen LogP contribution in [0.2, 0.25) is 0 Å². The Balaban J connectivity index is 3.27. The topological polar surface area (TPSA) is 26.3 Å². The normalized spacial score (nSPS) is 11.9. The summed E-state index contributed by atoms with van der Waals surface area (Å²) in [4.78, 5) is 11.8. The lowest BCUT2D eigenvalue weighted by Gasteiger charge is -2.05. The van der Waals surface area contributed by atoms with Gasteiger partial charge in [0.1, 0.15) is 0 Å². The zero-order chi connectivity index (χ0) is 24.8. The molecule has 0 radical (unpaired) electrons. The van der Waals surface area contributed by atoms with Gasteiger partial charge < -0.3 is 4.74 Å². The summed E-state index contributed by atoms with van der Waals surface area (Å²) in [5.41, 5.74) is 0. The van der Waals surface area contributed by atoms with Crippen molar-refractivity contribution >= 4 is 5.97 Å². The maximum Gasteiger partial charge on any atom is 0.305 e. The van der Waals surface area contributed by atoms with Crippen LogP contribution in [-0.4, -0.2) is 12.6 Å². The molecule has 0 aliphatic carbocycles. The van der Waals surface area contributed by atoms with E-state index in [1.165, 1.54) is 109 Å². The summed E-state index contributed by atoms with van der Waals surface area (Å²) in [5, 5.41) is 0. The average Bonchev–Trinajstić information content (AvgIpc) is 2.84. The Kier molecular flexibility index (Phi) is 28.6. The van der Waals surface area contributed by atoms with Crippen LogP contribution >= 0.6 is 0 Å². The largest absolute Gasteiger partial charge is 0.466 e. The van der Waals surface area contributed by atoms with Crippen LogP contribution < -0.4 is 0 Å². The van der Waals surface area contributed by atoms with Crippen LogP contribution in [0.15, 0.2) is 36.5 Å². The summed E-state index contributed by atoms with van der Waals surface area (Å²) in [6.45, 7) is 5.10. The van der Waals surface area contributed by atoms with Crippen molar-refractivity contribution in [2.75, 3.05) is 6.61 Å². The van der Waals surface area contributed by atoms with Gasteiger partial charge in [-0.3, -0.25) is 4.79 Å². The lowest BCUT2D eigenvalue weighted by molar-refractivity contribution is -0.143. The Morgan fingerprint density at radius 2 is 0.941 bits per heavy atom. The monoisotopic (exact) mass is 474 g/mol. The highest BCUT2D eigenvalue weighted by Gasteiger charge is 2.02. The lowest BCUT2D eigenvalue weighted by Crippen LogP contribution is -2.05. The Labute approximate surface area is 213 Å². The zero-order valence-corrected chi connectivity index (χ0v) is 23.0. The Morgan fingerprint density at radius 3 is 1.53 bits per heavy atom. The van der Waals surface area contributed by atoms with E-state index in [4.69, 9.17) is 4.74 Å². The first-order valence-electron chi connectivity index (χ1n) is 14.9. The van der Waals surface area contributed by atoms with Crippen LogP contribution in [0.4, 0.5) is 0 Å². The van der Waals surface area contributed by atoms with E-state index in [1.807, 2.05) is 0 Å².